The summed E-state index contributed by atoms with van der Waals surface area (Å²) in [5, 5.41) is 0. The van der Waals surface area contributed by atoms with Crippen molar-refractivity contribution < 1.29 is 9.47 Å². The highest BCUT2D eigenvalue weighted by molar-refractivity contribution is 5.46. The van der Waals surface area contributed by atoms with Crippen LogP contribution in [-0.2, 0) is 9.47 Å². The molecule has 1 heterocycles. The molecule has 0 aliphatic carbocycles. The van der Waals surface area contributed by atoms with Crippen molar-refractivity contribution in [1.82, 2.24) is 0 Å². The molecule has 1 aliphatic rings. The molecule has 1 aromatic rings. The predicted molar refractivity (Wildman–Crippen MR) is 60.0 cm³/mol. The van der Waals surface area contributed by atoms with E-state index in [1.807, 2.05) is 13.0 Å². The number of anilines is 1. The van der Waals surface area contributed by atoms with Gasteiger partial charge in [-0.05, 0) is 19.1 Å². The molecule has 0 amide bonds. The molecule has 0 aromatic heterocycles. The first kappa shape index (κ1) is 10.5. The predicted octanol–water partition coefficient (Wildman–Crippen LogP) is 1.89. The Labute approximate surface area is 90.6 Å². The van der Waals surface area contributed by atoms with Crippen LogP contribution in [0.1, 0.15) is 6.92 Å². The second kappa shape index (κ2) is 5.14. The molecule has 1 aromatic carbocycles. The molecule has 0 saturated carbocycles. The summed E-state index contributed by atoms with van der Waals surface area (Å²) < 4.78 is 11.0. The van der Waals surface area contributed by atoms with Gasteiger partial charge in [0.05, 0.1) is 13.2 Å². The minimum absolute atomic E-state index is 0.0797. The van der Waals surface area contributed by atoms with Crippen molar-refractivity contribution in [2.45, 2.75) is 13.2 Å². The Morgan fingerprint density at radius 1 is 1.40 bits per heavy atom. The van der Waals surface area contributed by atoms with E-state index in [-0.39, 0.29) is 6.29 Å². The van der Waals surface area contributed by atoms with Crippen LogP contribution in [0.5, 0.6) is 0 Å². The summed E-state index contributed by atoms with van der Waals surface area (Å²) in [4.78, 5) is 2.30. The third kappa shape index (κ3) is 2.70. The van der Waals surface area contributed by atoms with E-state index in [4.69, 9.17) is 9.47 Å². The fourth-order valence-corrected chi connectivity index (χ4v) is 1.78. The van der Waals surface area contributed by atoms with Crippen molar-refractivity contribution in [2.24, 2.45) is 0 Å². The van der Waals surface area contributed by atoms with Gasteiger partial charge in [0.25, 0.3) is 0 Å². The molecule has 0 N–H and O–H groups in total. The second-order valence-electron chi connectivity index (χ2n) is 3.54. The van der Waals surface area contributed by atoms with E-state index in [0.29, 0.717) is 6.61 Å². The van der Waals surface area contributed by atoms with Crippen LogP contribution in [0.25, 0.3) is 0 Å². The van der Waals surface area contributed by atoms with Gasteiger partial charge in [0.2, 0.25) is 0 Å². The van der Waals surface area contributed by atoms with Gasteiger partial charge in [0.1, 0.15) is 0 Å². The van der Waals surface area contributed by atoms with E-state index >= 15 is 0 Å². The molecule has 15 heavy (non-hydrogen) atoms. The number of ether oxygens (including phenoxy) is 2. The monoisotopic (exact) mass is 207 g/mol. The van der Waals surface area contributed by atoms with E-state index in [1.54, 1.807) is 0 Å². The Morgan fingerprint density at radius 2 is 2.20 bits per heavy atom. The van der Waals surface area contributed by atoms with Crippen molar-refractivity contribution in [3.8, 4) is 0 Å². The van der Waals surface area contributed by atoms with Crippen LogP contribution in [-0.4, -0.2) is 32.6 Å². The number of nitrogens with zero attached hydrogens (tertiary/aromatic N) is 1. The average molecular weight is 207 g/mol. The van der Waals surface area contributed by atoms with Gasteiger partial charge in [-0.15, -0.1) is 0 Å². The zero-order valence-electron chi connectivity index (χ0n) is 9.06. The fraction of sp³-hybridized carbons (Fsp3) is 0.500. The Balaban J connectivity index is 1.98. The van der Waals surface area contributed by atoms with Crippen molar-refractivity contribution in [2.75, 3.05) is 31.2 Å². The van der Waals surface area contributed by atoms with Gasteiger partial charge in [0.15, 0.2) is 6.29 Å². The number of para-hydroxylation sites is 1. The second-order valence-corrected chi connectivity index (χ2v) is 3.54. The molecule has 0 radical (unpaired) electrons. The van der Waals surface area contributed by atoms with Gasteiger partial charge in [0, 0.05) is 18.8 Å². The van der Waals surface area contributed by atoms with Gasteiger partial charge in [-0.2, -0.15) is 0 Å². The molecular formula is C12H17NO2. The van der Waals surface area contributed by atoms with E-state index in [0.717, 1.165) is 19.7 Å². The van der Waals surface area contributed by atoms with Crippen molar-refractivity contribution in [3.63, 3.8) is 0 Å². The van der Waals surface area contributed by atoms with Gasteiger partial charge >= 0.3 is 0 Å². The molecule has 1 fully saturated rings. The van der Waals surface area contributed by atoms with Crippen LogP contribution < -0.4 is 4.90 Å². The number of benzene rings is 1. The molecule has 3 nitrogen and oxygen atoms in total. The largest absolute Gasteiger partial charge is 0.364 e. The summed E-state index contributed by atoms with van der Waals surface area (Å²) >= 11 is 0. The normalized spacial score (nSPS) is 21.7. The van der Waals surface area contributed by atoms with Gasteiger partial charge in [-0.25, -0.2) is 0 Å². The van der Waals surface area contributed by atoms with Crippen LogP contribution >= 0.6 is 0 Å². The molecule has 2 rings (SSSR count). The minimum atomic E-state index is -0.0797. The summed E-state index contributed by atoms with van der Waals surface area (Å²) in [6.07, 6.45) is -0.0797. The van der Waals surface area contributed by atoms with Crippen LogP contribution in [0, 0.1) is 0 Å². The maximum atomic E-state index is 5.51. The smallest absolute Gasteiger partial charge is 0.174 e. The molecule has 1 saturated heterocycles. The lowest BCUT2D eigenvalue weighted by molar-refractivity contribution is -0.143. The molecule has 82 valence electrons. The molecule has 1 aliphatic heterocycles. The first-order valence-electron chi connectivity index (χ1n) is 5.43. The lowest BCUT2D eigenvalue weighted by Gasteiger charge is -2.34. The van der Waals surface area contributed by atoms with Crippen LogP contribution in [0.4, 0.5) is 5.69 Å². The maximum absolute atomic E-state index is 5.51. The zero-order valence-corrected chi connectivity index (χ0v) is 9.06. The average Bonchev–Trinajstić information content (AvgIpc) is 2.31. The molecule has 3 heteroatoms. The topological polar surface area (TPSA) is 21.7 Å². The first-order valence-corrected chi connectivity index (χ1v) is 5.43. The standard InChI is InChI=1S/C12H17NO2/c1-2-14-12-10-13(8-9-15-12)11-6-4-3-5-7-11/h3-7,12H,2,8-10H2,1H3. The molecule has 0 spiro atoms. The minimum Gasteiger partial charge on any atom is -0.364 e. The third-order valence-corrected chi connectivity index (χ3v) is 2.51. The van der Waals surface area contributed by atoms with Gasteiger partial charge < -0.3 is 14.4 Å². The van der Waals surface area contributed by atoms with Crippen molar-refractivity contribution in [1.29, 1.82) is 0 Å². The fourth-order valence-electron chi connectivity index (χ4n) is 1.78. The third-order valence-electron chi connectivity index (χ3n) is 2.51. The summed E-state index contributed by atoms with van der Waals surface area (Å²) in [7, 11) is 0. The lowest BCUT2D eigenvalue weighted by atomic mass is 10.2. The molecule has 1 unspecified atom stereocenters. The summed E-state index contributed by atoms with van der Waals surface area (Å²) in [6, 6.07) is 10.4. The summed E-state index contributed by atoms with van der Waals surface area (Å²) in [5.41, 5.74) is 1.24. The maximum Gasteiger partial charge on any atom is 0.174 e. The van der Waals surface area contributed by atoms with Crippen molar-refractivity contribution in [3.05, 3.63) is 30.3 Å². The van der Waals surface area contributed by atoms with E-state index < -0.39 is 0 Å². The van der Waals surface area contributed by atoms with Crippen LogP contribution in [0.3, 0.4) is 0 Å². The number of rotatable bonds is 3. The van der Waals surface area contributed by atoms with E-state index in [1.165, 1.54) is 5.69 Å². The first-order chi connectivity index (χ1) is 7.40. The Kier molecular flexibility index (Phi) is 3.59. The number of hydrogen-bond acceptors (Lipinski definition) is 3. The van der Waals surface area contributed by atoms with E-state index in [9.17, 15) is 0 Å². The van der Waals surface area contributed by atoms with E-state index in [2.05, 4.69) is 29.2 Å². The molecule has 0 bridgehead atoms. The van der Waals surface area contributed by atoms with Crippen molar-refractivity contribution >= 4 is 5.69 Å². The lowest BCUT2D eigenvalue weighted by Crippen LogP contribution is -2.43. The van der Waals surface area contributed by atoms with Crippen LogP contribution in [0.15, 0.2) is 30.3 Å². The van der Waals surface area contributed by atoms with Crippen LogP contribution in [0.2, 0.25) is 0 Å². The Morgan fingerprint density at radius 3 is 2.93 bits per heavy atom. The SMILES string of the molecule is CCOC1CN(c2ccccc2)CCO1. The number of morpholine rings is 1. The molecule has 1 atom stereocenters. The zero-order chi connectivity index (χ0) is 10.5. The highest BCUT2D eigenvalue weighted by atomic mass is 16.7. The number of hydrogen-bond donors (Lipinski definition) is 0. The highest BCUT2D eigenvalue weighted by Crippen LogP contribution is 2.17. The summed E-state index contributed by atoms with van der Waals surface area (Å²) in [6.45, 7) is 5.18. The molecular weight excluding hydrogens is 190 g/mol. The van der Waals surface area contributed by atoms with Gasteiger partial charge in [-0.3, -0.25) is 0 Å². The highest BCUT2D eigenvalue weighted by Gasteiger charge is 2.20. The quantitative estimate of drug-likeness (QED) is 0.755. The Bertz CT molecular complexity index is 287. The van der Waals surface area contributed by atoms with Gasteiger partial charge in [-0.1, -0.05) is 18.2 Å². The summed E-state index contributed by atoms with van der Waals surface area (Å²) in [5.74, 6) is 0. The Hall–Kier alpha value is -1.06.